The molecule has 112 valence electrons. The SMILES string of the molecule is COCCOC(=O)c1cc(S(=O)(=O)Cl)cn1C1CCC1. The number of ether oxygens (including phenoxy) is 2. The lowest BCUT2D eigenvalue weighted by Gasteiger charge is -2.28. The fourth-order valence-corrected chi connectivity index (χ4v) is 2.75. The predicted octanol–water partition coefficient (Wildman–Crippen LogP) is 1.94. The molecule has 1 heterocycles. The summed E-state index contributed by atoms with van der Waals surface area (Å²) in [6.07, 6.45) is 4.28. The summed E-state index contributed by atoms with van der Waals surface area (Å²) in [7, 11) is 2.97. The summed E-state index contributed by atoms with van der Waals surface area (Å²) in [4.78, 5) is 11.9. The molecule has 0 aromatic carbocycles. The summed E-state index contributed by atoms with van der Waals surface area (Å²) in [5.41, 5.74) is 0.213. The Morgan fingerprint density at radius 2 is 2.15 bits per heavy atom. The number of nitrogens with zero attached hydrogens (tertiary/aromatic N) is 1. The molecule has 0 aliphatic heterocycles. The number of hydrogen-bond acceptors (Lipinski definition) is 5. The van der Waals surface area contributed by atoms with E-state index < -0.39 is 15.0 Å². The van der Waals surface area contributed by atoms with E-state index in [1.807, 2.05) is 0 Å². The first kappa shape index (κ1) is 15.3. The average molecular weight is 322 g/mol. The maximum atomic E-state index is 12.0. The van der Waals surface area contributed by atoms with E-state index in [1.165, 1.54) is 19.4 Å². The number of aromatic nitrogens is 1. The van der Waals surface area contributed by atoms with Crippen LogP contribution in [0.25, 0.3) is 0 Å². The molecule has 1 aliphatic carbocycles. The zero-order valence-corrected chi connectivity index (χ0v) is 12.6. The van der Waals surface area contributed by atoms with E-state index in [-0.39, 0.29) is 29.8 Å². The van der Waals surface area contributed by atoms with Crippen LogP contribution in [0, 0.1) is 0 Å². The summed E-state index contributed by atoms with van der Waals surface area (Å²) >= 11 is 0. The van der Waals surface area contributed by atoms with Crippen LogP contribution in [0.2, 0.25) is 0 Å². The van der Waals surface area contributed by atoms with E-state index in [2.05, 4.69) is 0 Å². The van der Waals surface area contributed by atoms with E-state index in [1.54, 1.807) is 4.57 Å². The summed E-state index contributed by atoms with van der Waals surface area (Å²) in [5, 5.41) is 0. The van der Waals surface area contributed by atoms with E-state index in [0.29, 0.717) is 0 Å². The van der Waals surface area contributed by atoms with Gasteiger partial charge in [0.05, 0.1) is 6.61 Å². The first-order chi connectivity index (χ1) is 9.43. The summed E-state index contributed by atoms with van der Waals surface area (Å²) in [5.74, 6) is -0.569. The van der Waals surface area contributed by atoms with Crippen molar-refractivity contribution in [3.63, 3.8) is 0 Å². The van der Waals surface area contributed by atoms with Crippen LogP contribution in [0.1, 0.15) is 35.8 Å². The van der Waals surface area contributed by atoms with Gasteiger partial charge in [0, 0.05) is 30.0 Å². The van der Waals surface area contributed by atoms with Crippen LogP contribution in [0.4, 0.5) is 0 Å². The van der Waals surface area contributed by atoms with Gasteiger partial charge in [-0.2, -0.15) is 0 Å². The summed E-state index contributed by atoms with van der Waals surface area (Å²) in [6.45, 7) is 0.407. The van der Waals surface area contributed by atoms with Crippen LogP contribution in [0.15, 0.2) is 17.2 Å². The molecule has 6 nitrogen and oxygen atoms in total. The first-order valence-corrected chi connectivity index (χ1v) is 8.57. The number of hydrogen-bond donors (Lipinski definition) is 0. The highest BCUT2D eigenvalue weighted by atomic mass is 35.7. The van der Waals surface area contributed by atoms with Crippen LogP contribution in [0.3, 0.4) is 0 Å². The van der Waals surface area contributed by atoms with Gasteiger partial charge in [-0.1, -0.05) is 0 Å². The molecule has 0 amide bonds. The molecule has 0 spiro atoms. The normalized spacial score (nSPS) is 15.9. The molecule has 1 aromatic heterocycles. The number of rotatable bonds is 6. The molecule has 0 bridgehead atoms. The lowest BCUT2D eigenvalue weighted by molar-refractivity contribution is 0.0371. The quantitative estimate of drug-likeness (QED) is 0.455. The van der Waals surface area contributed by atoms with Crippen molar-refractivity contribution in [1.82, 2.24) is 4.57 Å². The molecule has 2 rings (SSSR count). The molecule has 0 radical (unpaired) electrons. The maximum absolute atomic E-state index is 12.0. The van der Waals surface area contributed by atoms with Gasteiger partial charge in [0.25, 0.3) is 9.05 Å². The van der Waals surface area contributed by atoms with Crippen molar-refractivity contribution < 1.29 is 22.7 Å². The van der Waals surface area contributed by atoms with Crippen molar-refractivity contribution in [2.24, 2.45) is 0 Å². The van der Waals surface area contributed by atoms with Crippen molar-refractivity contribution in [3.05, 3.63) is 18.0 Å². The lowest BCUT2D eigenvalue weighted by atomic mass is 9.93. The van der Waals surface area contributed by atoms with Gasteiger partial charge < -0.3 is 14.0 Å². The Labute approximate surface area is 122 Å². The minimum atomic E-state index is -3.86. The minimum Gasteiger partial charge on any atom is -0.459 e. The van der Waals surface area contributed by atoms with Crippen LogP contribution in [-0.4, -0.2) is 39.3 Å². The van der Waals surface area contributed by atoms with Gasteiger partial charge >= 0.3 is 5.97 Å². The van der Waals surface area contributed by atoms with Gasteiger partial charge in [-0.15, -0.1) is 0 Å². The number of methoxy groups -OCH3 is 1. The third-order valence-electron chi connectivity index (χ3n) is 3.30. The maximum Gasteiger partial charge on any atom is 0.355 e. The number of carbonyl (C=O) groups excluding carboxylic acids is 1. The smallest absolute Gasteiger partial charge is 0.355 e. The second kappa shape index (κ2) is 6.15. The third-order valence-corrected chi connectivity index (χ3v) is 4.62. The molecule has 0 unspecified atom stereocenters. The Balaban J connectivity index is 2.25. The highest BCUT2D eigenvalue weighted by Gasteiger charge is 2.27. The van der Waals surface area contributed by atoms with Crippen molar-refractivity contribution in [1.29, 1.82) is 0 Å². The molecule has 1 aromatic rings. The Hall–Kier alpha value is -1.05. The van der Waals surface area contributed by atoms with E-state index in [0.717, 1.165) is 19.3 Å². The van der Waals surface area contributed by atoms with Crippen LogP contribution in [-0.2, 0) is 18.5 Å². The summed E-state index contributed by atoms with van der Waals surface area (Å²) < 4.78 is 34.3. The molecule has 1 aliphatic rings. The monoisotopic (exact) mass is 321 g/mol. The van der Waals surface area contributed by atoms with Gasteiger partial charge in [-0.25, -0.2) is 13.2 Å². The van der Waals surface area contributed by atoms with Crippen molar-refractivity contribution >= 4 is 25.7 Å². The number of esters is 1. The average Bonchev–Trinajstić information content (AvgIpc) is 2.71. The van der Waals surface area contributed by atoms with Gasteiger partial charge in [-0.05, 0) is 25.3 Å². The molecular weight excluding hydrogens is 306 g/mol. The fourth-order valence-electron chi connectivity index (χ4n) is 2.01. The molecule has 20 heavy (non-hydrogen) atoms. The Bertz CT molecular complexity index is 591. The van der Waals surface area contributed by atoms with Gasteiger partial charge in [0.1, 0.15) is 17.2 Å². The minimum absolute atomic E-state index is 0.0789. The Kier molecular flexibility index (Phi) is 4.72. The Morgan fingerprint density at radius 3 is 2.65 bits per heavy atom. The number of carbonyl (C=O) groups is 1. The highest BCUT2D eigenvalue weighted by Crippen LogP contribution is 2.34. The second-order valence-electron chi connectivity index (χ2n) is 4.62. The Morgan fingerprint density at radius 1 is 1.45 bits per heavy atom. The third kappa shape index (κ3) is 3.34. The number of halogens is 1. The van der Waals surface area contributed by atoms with E-state index >= 15 is 0 Å². The zero-order valence-electron chi connectivity index (χ0n) is 11.0. The van der Waals surface area contributed by atoms with Crippen LogP contribution < -0.4 is 0 Å². The standard InChI is InChI=1S/C12H16ClNO5S/c1-18-5-6-19-12(15)11-7-10(20(13,16)17)8-14(11)9-3-2-4-9/h7-9H,2-6H2,1H3. The predicted molar refractivity (Wildman–Crippen MR) is 72.5 cm³/mol. The fraction of sp³-hybridized carbons (Fsp3) is 0.583. The summed E-state index contributed by atoms with van der Waals surface area (Å²) in [6, 6.07) is 1.39. The van der Waals surface area contributed by atoms with Crippen molar-refractivity contribution in [2.75, 3.05) is 20.3 Å². The molecule has 8 heteroatoms. The van der Waals surface area contributed by atoms with Gasteiger partial charge in [0.15, 0.2) is 0 Å². The van der Waals surface area contributed by atoms with Crippen LogP contribution >= 0.6 is 10.7 Å². The molecule has 0 saturated heterocycles. The van der Waals surface area contributed by atoms with Gasteiger partial charge in [-0.3, -0.25) is 0 Å². The topological polar surface area (TPSA) is 74.6 Å². The molecule has 1 saturated carbocycles. The van der Waals surface area contributed by atoms with E-state index in [9.17, 15) is 13.2 Å². The molecular formula is C12H16ClNO5S. The lowest BCUT2D eigenvalue weighted by Crippen LogP contribution is -2.22. The molecule has 1 fully saturated rings. The van der Waals surface area contributed by atoms with Gasteiger partial charge in [0.2, 0.25) is 0 Å². The molecule has 0 N–H and O–H groups in total. The molecule has 0 atom stereocenters. The second-order valence-corrected chi connectivity index (χ2v) is 7.19. The largest absolute Gasteiger partial charge is 0.459 e. The van der Waals surface area contributed by atoms with Crippen molar-refractivity contribution in [3.8, 4) is 0 Å². The highest BCUT2D eigenvalue weighted by molar-refractivity contribution is 8.13. The first-order valence-electron chi connectivity index (χ1n) is 6.26. The van der Waals surface area contributed by atoms with Crippen LogP contribution in [0.5, 0.6) is 0 Å². The zero-order chi connectivity index (χ0) is 14.8. The van der Waals surface area contributed by atoms with Crippen molar-refractivity contribution in [2.45, 2.75) is 30.2 Å². The van der Waals surface area contributed by atoms with E-state index in [4.69, 9.17) is 20.2 Å².